The van der Waals surface area contributed by atoms with Crippen molar-refractivity contribution in [2.24, 2.45) is 0 Å². The Morgan fingerprint density at radius 3 is 1.24 bits per heavy atom. The standard InChI is InChI=1S/C32H30N6O4P2S2/c39-43(31-17-9-3-10-18-31,41-25-29-23-37(35-33-29)21-27-13-5-1-6-14-27)45-46-44(40,32-19-11-4-12-20-32)42-26-30-24-38(36-34-30)22-28-15-7-2-8-16-28/h1-20,23-24H,21-22,25-26H2. The maximum absolute atomic E-state index is 14.5. The van der Waals surface area contributed by atoms with Crippen LogP contribution in [0.5, 0.6) is 0 Å². The average molecular weight is 689 g/mol. The molecule has 2 aromatic heterocycles. The monoisotopic (exact) mass is 688 g/mol. The first-order valence-electron chi connectivity index (χ1n) is 14.3. The molecule has 14 heteroatoms. The molecule has 0 aliphatic heterocycles. The third kappa shape index (κ3) is 8.53. The second-order valence-electron chi connectivity index (χ2n) is 10.1. The van der Waals surface area contributed by atoms with E-state index >= 15 is 0 Å². The fourth-order valence-electron chi connectivity index (χ4n) is 4.39. The fourth-order valence-corrected chi connectivity index (χ4v) is 17.8. The minimum absolute atomic E-state index is 0.0461. The zero-order valence-corrected chi connectivity index (χ0v) is 28.0. The molecule has 0 fully saturated rings. The van der Waals surface area contributed by atoms with Gasteiger partial charge in [0.15, 0.2) is 0 Å². The van der Waals surface area contributed by atoms with Crippen molar-refractivity contribution >= 4 is 44.6 Å². The van der Waals surface area contributed by atoms with Gasteiger partial charge in [-0.1, -0.05) is 107 Å². The zero-order valence-electron chi connectivity index (χ0n) is 24.6. The lowest BCUT2D eigenvalue weighted by Crippen LogP contribution is -2.06. The minimum Gasteiger partial charge on any atom is -0.311 e. The van der Waals surface area contributed by atoms with Crippen LogP contribution in [0.15, 0.2) is 134 Å². The quantitative estimate of drug-likeness (QED) is 0.0816. The van der Waals surface area contributed by atoms with Crippen LogP contribution in [0.3, 0.4) is 0 Å². The smallest absolute Gasteiger partial charge is 0.298 e. The van der Waals surface area contributed by atoms with Gasteiger partial charge in [-0.05, 0) is 35.4 Å². The van der Waals surface area contributed by atoms with Crippen molar-refractivity contribution in [3.05, 3.63) is 156 Å². The number of rotatable bonds is 15. The lowest BCUT2D eigenvalue weighted by atomic mass is 10.2. The SMILES string of the molecule is O=P(OCc1cn(Cc2ccccc2)nn1)(SSP(=O)(OCc1cn(Cc2ccccc2)nn1)c1ccccc1)c1ccccc1. The van der Waals surface area contributed by atoms with Gasteiger partial charge in [-0.25, -0.2) is 9.36 Å². The number of benzene rings is 4. The Kier molecular flexibility index (Phi) is 10.7. The molecule has 10 nitrogen and oxygen atoms in total. The second-order valence-corrected chi connectivity index (χ2v) is 20.4. The highest BCUT2D eigenvalue weighted by Gasteiger charge is 2.36. The second kappa shape index (κ2) is 15.2. The van der Waals surface area contributed by atoms with Crippen molar-refractivity contribution in [1.82, 2.24) is 30.0 Å². The van der Waals surface area contributed by atoms with Gasteiger partial charge in [0.05, 0.1) is 25.5 Å². The summed E-state index contributed by atoms with van der Waals surface area (Å²) < 4.78 is 44.6. The van der Waals surface area contributed by atoms with Crippen LogP contribution in [0, 0.1) is 0 Å². The van der Waals surface area contributed by atoms with Gasteiger partial charge in [0.1, 0.15) is 24.6 Å². The van der Waals surface area contributed by atoms with Gasteiger partial charge in [-0.2, -0.15) is 0 Å². The Labute approximate surface area is 274 Å². The van der Waals surface area contributed by atoms with Crippen molar-refractivity contribution in [3.8, 4) is 0 Å². The average Bonchev–Trinajstić information content (AvgIpc) is 3.76. The molecule has 0 aliphatic rings. The summed E-state index contributed by atoms with van der Waals surface area (Å²) in [7, 11) is 1.83. The van der Waals surface area contributed by atoms with Crippen LogP contribution < -0.4 is 10.6 Å². The molecule has 2 atom stereocenters. The number of hydrogen-bond donors (Lipinski definition) is 0. The molecule has 234 valence electrons. The highest BCUT2D eigenvalue weighted by atomic mass is 33.5. The van der Waals surface area contributed by atoms with Gasteiger partial charge in [0.25, 0.3) is 13.1 Å². The molecule has 0 spiro atoms. The summed E-state index contributed by atoms with van der Waals surface area (Å²) in [5, 5.41) is 17.8. The number of aromatic nitrogens is 6. The Morgan fingerprint density at radius 1 is 0.522 bits per heavy atom. The normalized spacial score (nSPS) is 14.0. The molecule has 6 aromatic rings. The first-order chi connectivity index (χ1) is 22.5. The van der Waals surface area contributed by atoms with E-state index in [-0.39, 0.29) is 13.2 Å². The van der Waals surface area contributed by atoms with E-state index in [1.807, 2.05) is 72.8 Å². The molecular weight excluding hydrogens is 658 g/mol. The van der Waals surface area contributed by atoms with E-state index < -0.39 is 13.1 Å². The van der Waals surface area contributed by atoms with E-state index in [0.717, 1.165) is 32.0 Å². The topological polar surface area (TPSA) is 114 Å². The van der Waals surface area contributed by atoms with Crippen LogP contribution >= 0.6 is 34.0 Å². The van der Waals surface area contributed by atoms with Crippen LogP contribution in [-0.2, 0) is 44.5 Å². The maximum atomic E-state index is 14.5. The van der Waals surface area contributed by atoms with Crippen LogP contribution in [-0.4, -0.2) is 30.0 Å². The van der Waals surface area contributed by atoms with Crippen LogP contribution in [0.4, 0.5) is 0 Å². The van der Waals surface area contributed by atoms with E-state index in [1.165, 1.54) is 0 Å². The predicted octanol–water partition coefficient (Wildman–Crippen LogP) is 7.12. The molecule has 0 bridgehead atoms. The maximum Gasteiger partial charge on any atom is 0.298 e. The number of hydrogen-bond acceptors (Lipinski definition) is 10. The summed E-state index contributed by atoms with van der Waals surface area (Å²) in [5.74, 6) is 0. The third-order valence-corrected chi connectivity index (χ3v) is 19.2. The molecule has 0 N–H and O–H groups in total. The first-order valence-corrected chi connectivity index (χ1v) is 20.9. The Morgan fingerprint density at radius 2 is 0.870 bits per heavy atom. The van der Waals surface area contributed by atoms with E-state index in [1.54, 1.807) is 70.3 Å². The van der Waals surface area contributed by atoms with Crippen LogP contribution in [0.2, 0.25) is 0 Å². The Hall–Kier alpha value is -3.76. The Bertz CT molecular complexity index is 1790. The van der Waals surface area contributed by atoms with Gasteiger partial charge < -0.3 is 9.05 Å². The molecule has 2 unspecified atom stereocenters. The van der Waals surface area contributed by atoms with Crippen molar-refractivity contribution in [1.29, 1.82) is 0 Å². The summed E-state index contributed by atoms with van der Waals surface area (Å²) in [5.41, 5.74) is 3.21. The summed E-state index contributed by atoms with van der Waals surface area (Å²) >= 11 is 0. The van der Waals surface area contributed by atoms with Gasteiger partial charge in [0, 0.05) is 31.4 Å². The summed E-state index contributed by atoms with van der Waals surface area (Å²) in [4.78, 5) is 0. The molecule has 0 amide bonds. The van der Waals surface area contributed by atoms with Crippen molar-refractivity contribution in [3.63, 3.8) is 0 Å². The van der Waals surface area contributed by atoms with Gasteiger partial charge in [0.2, 0.25) is 0 Å². The summed E-state index contributed by atoms with van der Waals surface area (Å²) in [6.45, 7) is -6.24. The minimum atomic E-state index is -3.62. The summed E-state index contributed by atoms with van der Waals surface area (Å²) in [6.07, 6.45) is 3.53. The Balaban J connectivity index is 1.17. The molecule has 0 radical (unpaired) electrons. The van der Waals surface area contributed by atoms with Crippen molar-refractivity contribution < 1.29 is 18.2 Å². The lowest BCUT2D eigenvalue weighted by molar-refractivity contribution is 0.315. The molecule has 46 heavy (non-hydrogen) atoms. The molecule has 0 aliphatic carbocycles. The predicted molar refractivity (Wildman–Crippen MR) is 183 cm³/mol. The highest BCUT2D eigenvalue weighted by Crippen LogP contribution is 2.75. The van der Waals surface area contributed by atoms with Gasteiger partial charge >= 0.3 is 0 Å². The van der Waals surface area contributed by atoms with Gasteiger partial charge in [-0.15, -0.1) is 10.2 Å². The van der Waals surface area contributed by atoms with Crippen LogP contribution in [0.25, 0.3) is 0 Å². The van der Waals surface area contributed by atoms with E-state index in [2.05, 4.69) is 20.6 Å². The highest BCUT2D eigenvalue weighted by molar-refractivity contribution is 9.14. The third-order valence-electron chi connectivity index (χ3n) is 6.69. The van der Waals surface area contributed by atoms with E-state index in [9.17, 15) is 9.13 Å². The molecule has 2 heterocycles. The van der Waals surface area contributed by atoms with E-state index in [4.69, 9.17) is 9.05 Å². The lowest BCUT2D eigenvalue weighted by Gasteiger charge is -2.21. The largest absolute Gasteiger partial charge is 0.311 e. The van der Waals surface area contributed by atoms with Crippen LogP contribution in [0.1, 0.15) is 22.5 Å². The fraction of sp³-hybridized carbons (Fsp3) is 0.125. The molecule has 0 saturated heterocycles. The van der Waals surface area contributed by atoms with E-state index in [0.29, 0.717) is 35.1 Å². The van der Waals surface area contributed by atoms with Gasteiger partial charge in [-0.3, -0.25) is 9.13 Å². The molecular formula is C32H30N6O4P2S2. The molecule has 0 saturated carbocycles. The number of nitrogens with zero attached hydrogens (tertiary/aromatic N) is 6. The van der Waals surface area contributed by atoms with Crippen molar-refractivity contribution in [2.45, 2.75) is 26.3 Å². The zero-order chi connectivity index (χ0) is 31.7. The van der Waals surface area contributed by atoms with Crippen molar-refractivity contribution in [2.75, 3.05) is 0 Å². The first kappa shape index (κ1) is 32.2. The molecule has 4 aromatic carbocycles. The summed E-state index contributed by atoms with van der Waals surface area (Å²) in [6, 6.07) is 37.6. The molecule has 6 rings (SSSR count).